The van der Waals surface area contributed by atoms with Gasteiger partial charge in [0.25, 0.3) is 0 Å². The molecule has 0 aromatic heterocycles. The summed E-state index contributed by atoms with van der Waals surface area (Å²) in [5, 5.41) is 10.6. The molecule has 0 spiro atoms. The maximum Gasteiger partial charge on any atom is 0.466 e. The van der Waals surface area contributed by atoms with E-state index in [2.05, 4.69) is 0 Å². The van der Waals surface area contributed by atoms with Crippen molar-refractivity contribution in [1.82, 2.24) is 0 Å². The van der Waals surface area contributed by atoms with Crippen LogP contribution in [0, 0.1) is 0 Å². The summed E-state index contributed by atoms with van der Waals surface area (Å²) in [6, 6.07) is 3.12. The van der Waals surface area contributed by atoms with Crippen molar-refractivity contribution in [2.45, 2.75) is 58.1 Å². The fourth-order valence-electron chi connectivity index (χ4n) is 3.03. The normalized spacial score (nSPS) is 18.9. The van der Waals surface area contributed by atoms with Crippen LogP contribution in [0.3, 0.4) is 0 Å². The van der Waals surface area contributed by atoms with Crippen molar-refractivity contribution < 1.29 is 33.4 Å². The van der Waals surface area contributed by atoms with Crippen molar-refractivity contribution in [3.8, 4) is 17.2 Å². The summed E-state index contributed by atoms with van der Waals surface area (Å²) in [6.45, 7) is 9.73. The van der Waals surface area contributed by atoms with Gasteiger partial charge >= 0.3 is 13.1 Å². The van der Waals surface area contributed by atoms with Crippen LogP contribution in [-0.2, 0) is 18.8 Å². The van der Waals surface area contributed by atoms with Crippen molar-refractivity contribution in [1.29, 1.82) is 0 Å². The van der Waals surface area contributed by atoms with Crippen LogP contribution >= 0.6 is 0 Å². The Morgan fingerprint density at radius 2 is 1.74 bits per heavy atom. The SMILES string of the molecule is CCOC(=O)CC(B1OC(C)(C)C(C)(C)O1)c1c(O)cc(OC)cc1OC. The zero-order valence-electron chi connectivity index (χ0n) is 17.1. The highest BCUT2D eigenvalue weighted by Gasteiger charge is 2.55. The number of benzene rings is 1. The molecular formula is C19H29BO7. The van der Waals surface area contributed by atoms with Gasteiger partial charge in [0.15, 0.2) is 0 Å². The molecule has 7 nitrogen and oxygen atoms in total. The minimum Gasteiger partial charge on any atom is -0.507 e. The molecule has 0 aliphatic carbocycles. The Morgan fingerprint density at radius 3 is 2.22 bits per heavy atom. The lowest BCUT2D eigenvalue weighted by atomic mass is 9.65. The molecule has 0 radical (unpaired) electrons. The first kappa shape index (κ1) is 21.4. The lowest BCUT2D eigenvalue weighted by molar-refractivity contribution is -0.143. The first-order valence-corrected chi connectivity index (χ1v) is 9.02. The number of rotatable bonds is 7. The number of phenols is 1. The molecule has 2 rings (SSSR count). The summed E-state index contributed by atoms with van der Waals surface area (Å²) in [4.78, 5) is 12.3. The van der Waals surface area contributed by atoms with Crippen molar-refractivity contribution in [2.75, 3.05) is 20.8 Å². The van der Waals surface area contributed by atoms with Crippen LogP contribution in [0.15, 0.2) is 12.1 Å². The molecule has 1 aliphatic heterocycles. The van der Waals surface area contributed by atoms with E-state index in [-0.39, 0.29) is 18.8 Å². The Kier molecular flexibility index (Phi) is 6.32. The number of methoxy groups -OCH3 is 2. The first-order chi connectivity index (χ1) is 12.6. The van der Waals surface area contributed by atoms with Crippen molar-refractivity contribution >= 4 is 13.1 Å². The molecule has 1 N–H and O–H groups in total. The van der Waals surface area contributed by atoms with Gasteiger partial charge in [-0.1, -0.05) is 0 Å². The Morgan fingerprint density at radius 1 is 1.15 bits per heavy atom. The molecule has 27 heavy (non-hydrogen) atoms. The molecule has 1 saturated heterocycles. The van der Waals surface area contributed by atoms with E-state index in [9.17, 15) is 9.90 Å². The monoisotopic (exact) mass is 380 g/mol. The second-order valence-corrected chi connectivity index (χ2v) is 7.50. The second kappa shape index (κ2) is 7.98. The highest BCUT2D eigenvalue weighted by Crippen LogP contribution is 2.46. The first-order valence-electron chi connectivity index (χ1n) is 9.02. The van der Waals surface area contributed by atoms with E-state index in [1.165, 1.54) is 20.3 Å². The summed E-state index contributed by atoms with van der Waals surface area (Å²) in [6.07, 6.45) is -0.0269. The average molecular weight is 380 g/mol. The molecule has 1 fully saturated rings. The molecular weight excluding hydrogens is 351 g/mol. The molecule has 0 saturated carbocycles. The predicted octanol–water partition coefficient (Wildman–Crippen LogP) is 3.08. The lowest BCUT2D eigenvalue weighted by Gasteiger charge is -2.32. The van der Waals surface area contributed by atoms with E-state index in [1.54, 1.807) is 13.0 Å². The topological polar surface area (TPSA) is 83.5 Å². The Hall–Kier alpha value is -1.93. The minimum atomic E-state index is -0.757. The molecule has 150 valence electrons. The van der Waals surface area contributed by atoms with Gasteiger partial charge < -0.3 is 28.6 Å². The van der Waals surface area contributed by atoms with Crippen LogP contribution in [0.1, 0.15) is 52.4 Å². The number of aromatic hydroxyl groups is 1. The largest absolute Gasteiger partial charge is 0.507 e. The third-order valence-corrected chi connectivity index (χ3v) is 5.21. The maximum atomic E-state index is 12.3. The van der Waals surface area contributed by atoms with Crippen molar-refractivity contribution in [3.63, 3.8) is 0 Å². The molecule has 1 heterocycles. The van der Waals surface area contributed by atoms with Gasteiger partial charge in [0, 0.05) is 23.5 Å². The smallest absolute Gasteiger partial charge is 0.466 e. The molecule has 0 amide bonds. The quantitative estimate of drug-likeness (QED) is 0.575. The standard InChI is InChI=1S/C19H29BO7/c1-8-25-16(22)11-13(20-26-18(2,3)19(4,5)27-20)17-14(21)9-12(23-6)10-15(17)24-7/h9-10,13,21H,8,11H2,1-7H3. The minimum absolute atomic E-state index is 0.0269. The van der Waals surface area contributed by atoms with E-state index in [4.69, 9.17) is 23.5 Å². The fourth-order valence-corrected chi connectivity index (χ4v) is 3.03. The molecule has 8 heteroatoms. The van der Waals surface area contributed by atoms with Gasteiger partial charge in [-0.3, -0.25) is 4.79 Å². The van der Waals surface area contributed by atoms with Crippen LogP contribution in [0.4, 0.5) is 0 Å². The summed E-state index contributed by atoms with van der Waals surface area (Å²) in [5.74, 6) is -0.261. The third kappa shape index (κ3) is 4.33. The van der Waals surface area contributed by atoms with Crippen LogP contribution in [0.25, 0.3) is 0 Å². The number of hydrogen-bond donors (Lipinski definition) is 1. The third-order valence-electron chi connectivity index (χ3n) is 5.21. The molecule has 1 atom stereocenters. The zero-order valence-corrected chi connectivity index (χ0v) is 17.1. The van der Waals surface area contributed by atoms with Gasteiger partial charge in [0.2, 0.25) is 0 Å². The lowest BCUT2D eigenvalue weighted by Crippen LogP contribution is -2.41. The van der Waals surface area contributed by atoms with Crippen LogP contribution < -0.4 is 9.47 Å². The van der Waals surface area contributed by atoms with E-state index in [0.717, 1.165) is 0 Å². The molecule has 1 unspecified atom stereocenters. The van der Waals surface area contributed by atoms with Gasteiger partial charge in [0.1, 0.15) is 17.2 Å². The van der Waals surface area contributed by atoms with E-state index in [0.29, 0.717) is 17.1 Å². The number of hydrogen-bond acceptors (Lipinski definition) is 7. The van der Waals surface area contributed by atoms with Gasteiger partial charge in [-0.25, -0.2) is 0 Å². The van der Waals surface area contributed by atoms with E-state index >= 15 is 0 Å². The number of carbonyl (C=O) groups excluding carboxylic acids is 1. The maximum absolute atomic E-state index is 12.3. The summed E-state index contributed by atoms with van der Waals surface area (Å²) >= 11 is 0. The molecule has 1 aromatic rings. The highest BCUT2D eigenvalue weighted by atomic mass is 16.7. The number of esters is 1. The number of phenolic OH excluding ortho intramolecular Hbond substituents is 1. The summed E-state index contributed by atoms with van der Waals surface area (Å²) in [5.41, 5.74) is -0.746. The zero-order chi connectivity index (χ0) is 20.4. The Labute approximate surface area is 161 Å². The molecule has 0 bridgehead atoms. The molecule has 1 aromatic carbocycles. The number of carbonyl (C=O) groups is 1. The van der Waals surface area contributed by atoms with Crippen LogP contribution in [0.5, 0.6) is 17.2 Å². The Balaban J connectivity index is 2.50. The predicted molar refractivity (Wildman–Crippen MR) is 101 cm³/mol. The van der Waals surface area contributed by atoms with E-state index in [1.807, 2.05) is 27.7 Å². The van der Waals surface area contributed by atoms with E-state index < -0.39 is 30.1 Å². The van der Waals surface area contributed by atoms with Crippen LogP contribution in [0.2, 0.25) is 0 Å². The van der Waals surface area contributed by atoms with Gasteiger partial charge in [-0.15, -0.1) is 0 Å². The summed E-state index contributed by atoms with van der Waals surface area (Å²) in [7, 11) is 2.23. The fraction of sp³-hybridized carbons (Fsp3) is 0.632. The van der Waals surface area contributed by atoms with Gasteiger partial charge in [0.05, 0.1) is 38.4 Å². The van der Waals surface area contributed by atoms with Gasteiger partial charge in [-0.05, 0) is 34.6 Å². The highest BCUT2D eigenvalue weighted by molar-refractivity contribution is 6.48. The second-order valence-electron chi connectivity index (χ2n) is 7.50. The van der Waals surface area contributed by atoms with Crippen molar-refractivity contribution in [2.24, 2.45) is 0 Å². The summed E-state index contributed by atoms with van der Waals surface area (Å²) < 4.78 is 28.0. The van der Waals surface area contributed by atoms with Gasteiger partial charge in [-0.2, -0.15) is 0 Å². The van der Waals surface area contributed by atoms with Crippen molar-refractivity contribution in [3.05, 3.63) is 17.7 Å². The number of ether oxygens (including phenoxy) is 3. The van der Waals surface area contributed by atoms with Crippen LogP contribution in [-0.4, -0.2) is 50.2 Å². The molecule has 1 aliphatic rings. The Bertz CT molecular complexity index is 671. The average Bonchev–Trinajstić information content (AvgIpc) is 2.80.